The Kier molecular flexibility index (Phi) is 3.67. The summed E-state index contributed by atoms with van der Waals surface area (Å²) in [5.74, 6) is 1.29. The molecular weight excluding hydrogens is 238 g/mol. The lowest BCUT2D eigenvalue weighted by Gasteiger charge is -2.37. The summed E-state index contributed by atoms with van der Waals surface area (Å²) in [6, 6.07) is 7.18. The highest BCUT2D eigenvalue weighted by molar-refractivity contribution is 7.99. The van der Waals surface area contributed by atoms with E-state index in [4.69, 9.17) is 5.73 Å². The lowest BCUT2D eigenvalue weighted by atomic mass is 9.69. The third-order valence-corrected chi connectivity index (χ3v) is 5.92. The minimum atomic E-state index is 0.287. The first kappa shape index (κ1) is 12.6. The van der Waals surface area contributed by atoms with Gasteiger partial charge in [0.05, 0.1) is 0 Å². The number of rotatable bonds is 2. The molecule has 0 spiro atoms. The smallest absolute Gasteiger partial charge is 0.0104 e. The van der Waals surface area contributed by atoms with Gasteiger partial charge in [-0.2, -0.15) is 0 Å². The molecule has 1 aliphatic heterocycles. The van der Waals surface area contributed by atoms with Crippen LogP contribution in [0.1, 0.15) is 49.7 Å². The molecule has 2 N–H and O–H groups in total. The van der Waals surface area contributed by atoms with Gasteiger partial charge in [-0.05, 0) is 48.6 Å². The van der Waals surface area contributed by atoms with Gasteiger partial charge >= 0.3 is 0 Å². The fourth-order valence-corrected chi connectivity index (χ4v) is 4.55. The second-order valence-electron chi connectivity index (χ2n) is 5.82. The molecule has 0 amide bonds. The molecular formula is C16H23NS. The van der Waals surface area contributed by atoms with Crippen LogP contribution in [-0.2, 0) is 11.8 Å². The van der Waals surface area contributed by atoms with Gasteiger partial charge in [0.2, 0.25) is 0 Å². The van der Waals surface area contributed by atoms with Crippen LogP contribution < -0.4 is 5.73 Å². The van der Waals surface area contributed by atoms with Gasteiger partial charge in [0.25, 0.3) is 0 Å². The van der Waals surface area contributed by atoms with Gasteiger partial charge in [-0.3, -0.25) is 0 Å². The Morgan fingerprint density at radius 1 is 1.11 bits per heavy atom. The number of aryl methyl sites for hydroxylation is 1. The second kappa shape index (κ2) is 5.26. The van der Waals surface area contributed by atoms with Crippen molar-refractivity contribution in [3.05, 3.63) is 29.3 Å². The number of hydrogen-bond donors (Lipinski definition) is 1. The van der Waals surface area contributed by atoms with E-state index in [9.17, 15) is 0 Å². The predicted octanol–water partition coefficient (Wildman–Crippen LogP) is 3.89. The molecule has 1 heterocycles. The van der Waals surface area contributed by atoms with Crippen LogP contribution in [0.5, 0.6) is 0 Å². The largest absolute Gasteiger partial charge is 0.330 e. The highest BCUT2D eigenvalue weighted by Crippen LogP contribution is 2.41. The molecule has 1 aromatic rings. The Balaban J connectivity index is 1.94. The second-order valence-corrected chi connectivity index (χ2v) is 6.96. The molecule has 1 nitrogen and oxygen atoms in total. The average Bonchev–Trinajstić information content (AvgIpc) is 2.47. The molecule has 0 aromatic heterocycles. The molecule has 18 heavy (non-hydrogen) atoms. The average molecular weight is 261 g/mol. The lowest BCUT2D eigenvalue weighted by molar-refractivity contribution is 0.300. The third kappa shape index (κ3) is 2.21. The van der Waals surface area contributed by atoms with E-state index >= 15 is 0 Å². The SMILES string of the molecule is NCC1(c2ccc3c(c2)CCCS3)CCCCC1. The van der Waals surface area contributed by atoms with Crippen molar-refractivity contribution in [2.45, 2.75) is 55.3 Å². The molecule has 1 saturated carbocycles. The van der Waals surface area contributed by atoms with Crippen LogP contribution in [0.3, 0.4) is 0 Å². The van der Waals surface area contributed by atoms with Gasteiger partial charge in [-0.1, -0.05) is 31.4 Å². The summed E-state index contributed by atoms with van der Waals surface area (Å²) >= 11 is 2.02. The minimum Gasteiger partial charge on any atom is -0.330 e. The van der Waals surface area contributed by atoms with Crippen LogP contribution in [0.4, 0.5) is 0 Å². The zero-order chi connectivity index (χ0) is 12.4. The lowest BCUT2D eigenvalue weighted by Crippen LogP contribution is -2.37. The van der Waals surface area contributed by atoms with E-state index in [1.165, 1.54) is 61.2 Å². The van der Waals surface area contributed by atoms with Gasteiger partial charge in [0, 0.05) is 16.9 Å². The van der Waals surface area contributed by atoms with Gasteiger partial charge in [-0.25, -0.2) is 0 Å². The van der Waals surface area contributed by atoms with Gasteiger partial charge in [-0.15, -0.1) is 11.8 Å². The third-order valence-electron chi connectivity index (χ3n) is 4.72. The first-order valence-electron chi connectivity index (χ1n) is 7.30. The van der Waals surface area contributed by atoms with Crippen molar-refractivity contribution >= 4 is 11.8 Å². The van der Waals surface area contributed by atoms with E-state index in [1.807, 2.05) is 11.8 Å². The van der Waals surface area contributed by atoms with Gasteiger partial charge in [0.1, 0.15) is 0 Å². The van der Waals surface area contributed by atoms with Crippen molar-refractivity contribution in [2.75, 3.05) is 12.3 Å². The Morgan fingerprint density at radius 2 is 1.94 bits per heavy atom. The van der Waals surface area contributed by atoms with Crippen LogP contribution in [-0.4, -0.2) is 12.3 Å². The van der Waals surface area contributed by atoms with E-state index < -0.39 is 0 Å². The molecule has 1 fully saturated rings. The summed E-state index contributed by atoms with van der Waals surface area (Å²) in [6.07, 6.45) is 9.26. The van der Waals surface area contributed by atoms with Crippen molar-refractivity contribution in [3.8, 4) is 0 Å². The van der Waals surface area contributed by atoms with E-state index in [1.54, 1.807) is 5.56 Å². The number of benzene rings is 1. The fraction of sp³-hybridized carbons (Fsp3) is 0.625. The zero-order valence-electron chi connectivity index (χ0n) is 11.1. The molecule has 1 aromatic carbocycles. The molecule has 2 heteroatoms. The standard InChI is InChI=1S/C16H23NS/c17-12-16(8-2-1-3-9-16)14-6-7-15-13(11-14)5-4-10-18-15/h6-7,11H,1-5,8-10,12,17H2. The zero-order valence-corrected chi connectivity index (χ0v) is 11.9. The summed E-state index contributed by atoms with van der Waals surface area (Å²) in [4.78, 5) is 1.51. The predicted molar refractivity (Wildman–Crippen MR) is 79.3 cm³/mol. The van der Waals surface area contributed by atoms with Crippen molar-refractivity contribution in [1.29, 1.82) is 0 Å². The molecule has 2 aliphatic rings. The van der Waals surface area contributed by atoms with Crippen LogP contribution in [0.2, 0.25) is 0 Å². The summed E-state index contributed by atoms with van der Waals surface area (Å²) in [5.41, 5.74) is 9.52. The van der Waals surface area contributed by atoms with Crippen LogP contribution >= 0.6 is 11.8 Å². The molecule has 0 saturated heterocycles. The molecule has 1 aliphatic carbocycles. The molecule has 98 valence electrons. The highest BCUT2D eigenvalue weighted by atomic mass is 32.2. The maximum absolute atomic E-state index is 6.14. The summed E-state index contributed by atoms with van der Waals surface area (Å²) in [7, 11) is 0. The minimum absolute atomic E-state index is 0.287. The quantitative estimate of drug-likeness (QED) is 0.874. The fourth-order valence-electron chi connectivity index (χ4n) is 3.53. The van der Waals surface area contributed by atoms with Gasteiger partial charge < -0.3 is 5.73 Å². The monoisotopic (exact) mass is 261 g/mol. The molecule has 0 radical (unpaired) electrons. The van der Waals surface area contributed by atoms with Crippen molar-refractivity contribution in [2.24, 2.45) is 5.73 Å². The number of nitrogens with two attached hydrogens (primary N) is 1. The van der Waals surface area contributed by atoms with Crippen LogP contribution in [0.15, 0.2) is 23.1 Å². The summed E-state index contributed by atoms with van der Waals surface area (Å²) in [6.45, 7) is 0.818. The first-order valence-corrected chi connectivity index (χ1v) is 8.29. The molecule has 0 atom stereocenters. The van der Waals surface area contributed by atoms with Crippen molar-refractivity contribution in [3.63, 3.8) is 0 Å². The van der Waals surface area contributed by atoms with Crippen LogP contribution in [0, 0.1) is 0 Å². The first-order chi connectivity index (χ1) is 8.84. The van der Waals surface area contributed by atoms with Crippen LogP contribution in [0.25, 0.3) is 0 Å². The summed E-state index contributed by atoms with van der Waals surface area (Å²) in [5, 5.41) is 0. The number of hydrogen-bond acceptors (Lipinski definition) is 2. The number of thioether (sulfide) groups is 1. The van der Waals surface area contributed by atoms with E-state index in [0.29, 0.717) is 0 Å². The molecule has 3 rings (SSSR count). The van der Waals surface area contributed by atoms with Crippen molar-refractivity contribution < 1.29 is 0 Å². The summed E-state index contributed by atoms with van der Waals surface area (Å²) < 4.78 is 0. The van der Waals surface area contributed by atoms with Gasteiger partial charge in [0.15, 0.2) is 0 Å². The highest BCUT2D eigenvalue weighted by Gasteiger charge is 2.32. The topological polar surface area (TPSA) is 26.0 Å². The molecule has 0 unspecified atom stereocenters. The maximum atomic E-state index is 6.14. The van der Waals surface area contributed by atoms with Crippen molar-refractivity contribution in [1.82, 2.24) is 0 Å². The Bertz CT molecular complexity index is 421. The Hall–Kier alpha value is -0.470. The molecule has 0 bridgehead atoms. The normalized spacial score (nSPS) is 22.5. The Labute approximate surface area is 115 Å². The van der Waals surface area contributed by atoms with E-state index in [2.05, 4.69) is 18.2 Å². The van der Waals surface area contributed by atoms with E-state index in [0.717, 1.165) is 6.54 Å². The Morgan fingerprint density at radius 3 is 2.72 bits per heavy atom. The number of fused-ring (bicyclic) bond motifs is 1. The van der Waals surface area contributed by atoms with E-state index in [-0.39, 0.29) is 5.41 Å². The maximum Gasteiger partial charge on any atom is 0.0104 e.